The Labute approximate surface area is 134 Å². The maximum Gasteiger partial charge on any atom is 0.221 e. The van der Waals surface area contributed by atoms with E-state index in [4.69, 9.17) is 9.15 Å². The molecule has 3 aromatic rings. The van der Waals surface area contributed by atoms with E-state index in [-0.39, 0.29) is 5.91 Å². The zero-order chi connectivity index (χ0) is 16.2. The van der Waals surface area contributed by atoms with E-state index in [1.165, 1.54) is 6.92 Å². The number of nitrogens with one attached hydrogen (secondary N) is 2. The molecule has 0 aliphatic rings. The lowest BCUT2D eigenvalue weighted by molar-refractivity contribution is -0.114. The van der Waals surface area contributed by atoms with Crippen LogP contribution in [0.5, 0.6) is 5.75 Å². The number of amides is 1. The molecule has 23 heavy (non-hydrogen) atoms. The number of para-hydroxylation sites is 1. The highest BCUT2D eigenvalue weighted by Gasteiger charge is 2.07. The van der Waals surface area contributed by atoms with Crippen LogP contribution in [0.2, 0.25) is 0 Å². The van der Waals surface area contributed by atoms with Crippen LogP contribution in [0.25, 0.3) is 11.0 Å². The Bertz CT molecular complexity index is 806. The number of carbonyl (C=O) groups is 1. The van der Waals surface area contributed by atoms with E-state index in [1.807, 2.05) is 42.5 Å². The molecule has 0 bridgehead atoms. The Kier molecular flexibility index (Phi) is 4.19. The summed E-state index contributed by atoms with van der Waals surface area (Å²) in [6.45, 7) is 2.03. The lowest BCUT2D eigenvalue weighted by Gasteiger charge is -2.11. The number of carbonyl (C=O) groups excluding carboxylic acids is 1. The quantitative estimate of drug-likeness (QED) is 0.747. The lowest BCUT2D eigenvalue weighted by Crippen LogP contribution is -2.07. The predicted octanol–water partition coefficient (Wildman–Crippen LogP) is 4.01. The molecule has 1 aromatic heterocycles. The average Bonchev–Trinajstić information content (AvgIpc) is 2.96. The number of fused-ring (bicyclic) bond motifs is 1. The van der Waals surface area contributed by atoms with Crippen molar-refractivity contribution in [3.8, 4) is 5.75 Å². The van der Waals surface area contributed by atoms with Crippen molar-refractivity contribution in [2.75, 3.05) is 17.7 Å². The van der Waals surface area contributed by atoms with E-state index in [9.17, 15) is 4.79 Å². The molecule has 0 aliphatic heterocycles. The lowest BCUT2D eigenvalue weighted by atomic mass is 10.2. The standard InChI is InChI=1S/C18H18N2O3/c1-12(21)20-16-8-7-14(10-18(16)22-2)19-11-15-9-13-5-3-4-6-17(13)23-15/h3-10,19H,11H2,1-2H3,(H,20,21). The summed E-state index contributed by atoms with van der Waals surface area (Å²) < 4.78 is 11.1. The predicted molar refractivity (Wildman–Crippen MR) is 90.8 cm³/mol. The maximum absolute atomic E-state index is 11.2. The third-order valence-electron chi connectivity index (χ3n) is 3.46. The Morgan fingerprint density at radius 2 is 2.00 bits per heavy atom. The average molecular weight is 310 g/mol. The molecule has 0 radical (unpaired) electrons. The first-order valence-electron chi connectivity index (χ1n) is 7.32. The van der Waals surface area contributed by atoms with Crippen molar-refractivity contribution in [2.45, 2.75) is 13.5 Å². The van der Waals surface area contributed by atoms with E-state index in [1.54, 1.807) is 13.2 Å². The second kappa shape index (κ2) is 6.44. The van der Waals surface area contributed by atoms with Crippen molar-refractivity contribution >= 4 is 28.3 Å². The molecule has 3 rings (SSSR count). The van der Waals surface area contributed by atoms with Crippen LogP contribution in [0.15, 0.2) is 52.9 Å². The summed E-state index contributed by atoms with van der Waals surface area (Å²) in [7, 11) is 1.57. The zero-order valence-electron chi connectivity index (χ0n) is 13.1. The van der Waals surface area contributed by atoms with Gasteiger partial charge < -0.3 is 19.8 Å². The van der Waals surface area contributed by atoms with Gasteiger partial charge in [0.15, 0.2) is 0 Å². The molecule has 1 heterocycles. The van der Waals surface area contributed by atoms with Gasteiger partial charge in [0.1, 0.15) is 17.1 Å². The first-order chi connectivity index (χ1) is 11.2. The maximum atomic E-state index is 11.2. The number of anilines is 2. The first-order valence-corrected chi connectivity index (χ1v) is 7.32. The van der Waals surface area contributed by atoms with E-state index in [0.29, 0.717) is 18.0 Å². The van der Waals surface area contributed by atoms with Crippen LogP contribution in [0, 0.1) is 0 Å². The van der Waals surface area contributed by atoms with E-state index in [2.05, 4.69) is 10.6 Å². The van der Waals surface area contributed by atoms with Crippen molar-refractivity contribution in [2.24, 2.45) is 0 Å². The number of rotatable bonds is 5. The van der Waals surface area contributed by atoms with Gasteiger partial charge in [0.25, 0.3) is 0 Å². The van der Waals surface area contributed by atoms with Gasteiger partial charge in [-0.05, 0) is 24.3 Å². The van der Waals surface area contributed by atoms with Gasteiger partial charge in [-0.2, -0.15) is 0 Å². The van der Waals surface area contributed by atoms with Gasteiger partial charge in [-0.25, -0.2) is 0 Å². The van der Waals surface area contributed by atoms with Gasteiger partial charge in [0, 0.05) is 24.1 Å². The van der Waals surface area contributed by atoms with Crippen LogP contribution in [0.1, 0.15) is 12.7 Å². The van der Waals surface area contributed by atoms with Gasteiger partial charge in [0.2, 0.25) is 5.91 Å². The van der Waals surface area contributed by atoms with Gasteiger partial charge in [-0.3, -0.25) is 4.79 Å². The molecular formula is C18H18N2O3. The van der Waals surface area contributed by atoms with Gasteiger partial charge in [-0.15, -0.1) is 0 Å². The molecule has 1 amide bonds. The fourth-order valence-corrected chi connectivity index (χ4v) is 2.41. The summed E-state index contributed by atoms with van der Waals surface area (Å²) in [6.07, 6.45) is 0. The van der Waals surface area contributed by atoms with Gasteiger partial charge >= 0.3 is 0 Å². The largest absolute Gasteiger partial charge is 0.494 e. The molecule has 2 aromatic carbocycles. The van der Waals surface area contributed by atoms with E-state index in [0.717, 1.165) is 22.4 Å². The summed E-state index contributed by atoms with van der Waals surface area (Å²) in [5, 5.41) is 7.11. The van der Waals surface area contributed by atoms with E-state index >= 15 is 0 Å². The summed E-state index contributed by atoms with van der Waals surface area (Å²) in [4.78, 5) is 11.2. The minimum atomic E-state index is -0.133. The topological polar surface area (TPSA) is 63.5 Å². The second-order valence-corrected chi connectivity index (χ2v) is 5.20. The summed E-state index contributed by atoms with van der Waals surface area (Å²) in [5.74, 6) is 1.33. The monoisotopic (exact) mass is 310 g/mol. The van der Waals surface area contributed by atoms with Crippen molar-refractivity contribution in [3.05, 3.63) is 54.3 Å². The fraction of sp³-hybridized carbons (Fsp3) is 0.167. The van der Waals surface area contributed by atoms with Crippen LogP contribution < -0.4 is 15.4 Å². The SMILES string of the molecule is COc1cc(NCc2cc3ccccc3o2)ccc1NC(C)=O. The number of furan rings is 1. The summed E-state index contributed by atoms with van der Waals surface area (Å²) in [5.41, 5.74) is 2.41. The van der Waals surface area contributed by atoms with Crippen LogP contribution in [-0.2, 0) is 11.3 Å². The third-order valence-corrected chi connectivity index (χ3v) is 3.46. The molecule has 0 spiro atoms. The molecule has 0 aliphatic carbocycles. The molecular weight excluding hydrogens is 292 g/mol. The Morgan fingerprint density at radius 3 is 2.74 bits per heavy atom. The molecule has 5 heteroatoms. The van der Waals surface area contributed by atoms with Crippen molar-refractivity contribution < 1.29 is 13.9 Å². The summed E-state index contributed by atoms with van der Waals surface area (Å²) in [6, 6.07) is 15.5. The minimum absolute atomic E-state index is 0.133. The van der Waals surface area contributed by atoms with Crippen LogP contribution in [0.3, 0.4) is 0 Å². The summed E-state index contributed by atoms with van der Waals surface area (Å²) >= 11 is 0. The van der Waals surface area contributed by atoms with Crippen molar-refractivity contribution in [3.63, 3.8) is 0 Å². The molecule has 0 atom stereocenters. The number of hydrogen-bond donors (Lipinski definition) is 2. The molecule has 118 valence electrons. The molecule has 0 unspecified atom stereocenters. The normalized spacial score (nSPS) is 10.5. The van der Waals surface area contributed by atoms with Crippen molar-refractivity contribution in [1.29, 1.82) is 0 Å². The second-order valence-electron chi connectivity index (χ2n) is 5.20. The zero-order valence-corrected chi connectivity index (χ0v) is 13.1. The minimum Gasteiger partial charge on any atom is -0.494 e. The first kappa shape index (κ1) is 15.0. The molecule has 0 saturated heterocycles. The molecule has 5 nitrogen and oxygen atoms in total. The number of methoxy groups -OCH3 is 1. The number of ether oxygens (including phenoxy) is 1. The number of hydrogen-bond acceptors (Lipinski definition) is 4. The Balaban J connectivity index is 1.73. The van der Waals surface area contributed by atoms with Gasteiger partial charge in [-0.1, -0.05) is 18.2 Å². The van der Waals surface area contributed by atoms with Crippen LogP contribution in [-0.4, -0.2) is 13.0 Å². The molecule has 0 fully saturated rings. The highest BCUT2D eigenvalue weighted by molar-refractivity contribution is 5.90. The Hall–Kier alpha value is -2.95. The highest BCUT2D eigenvalue weighted by Crippen LogP contribution is 2.28. The van der Waals surface area contributed by atoms with Gasteiger partial charge in [0.05, 0.1) is 19.3 Å². The molecule has 2 N–H and O–H groups in total. The highest BCUT2D eigenvalue weighted by atomic mass is 16.5. The smallest absolute Gasteiger partial charge is 0.221 e. The van der Waals surface area contributed by atoms with Crippen LogP contribution in [0.4, 0.5) is 11.4 Å². The fourth-order valence-electron chi connectivity index (χ4n) is 2.41. The Morgan fingerprint density at radius 1 is 1.17 bits per heavy atom. The molecule has 0 saturated carbocycles. The van der Waals surface area contributed by atoms with E-state index < -0.39 is 0 Å². The van der Waals surface area contributed by atoms with Crippen LogP contribution >= 0.6 is 0 Å². The third kappa shape index (κ3) is 3.45. The number of benzene rings is 2. The van der Waals surface area contributed by atoms with Crippen molar-refractivity contribution in [1.82, 2.24) is 0 Å².